The first-order valence-electron chi connectivity index (χ1n) is 5.72. The molecule has 0 bridgehead atoms. The van der Waals surface area contributed by atoms with Gasteiger partial charge in [-0.1, -0.05) is 6.07 Å². The topological polar surface area (TPSA) is 36.4 Å². The van der Waals surface area contributed by atoms with Crippen LogP contribution in [0.25, 0.3) is 0 Å². The molecule has 1 N–H and O–H groups in total. The lowest BCUT2D eigenvalue weighted by Gasteiger charge is -2.17. The van der Waals surface area contributed by atoms with Crippen molar-refractivity contribution in [3.05, 3.63) is 23.9 Å². The molecule has 0 amide bonds. The summed E-state index contributed by atoms with van der Waals surface area (Å²) in [5, 5.41) is 9.90. The first-order valence-corrected chi connectivity index (χ1v) is 5.72. The Balaban J connectivity index is 1.81. The standard InChI is InChI=1S/C12H16N2O/c15-12(5-6-12)10-3-4-11(13-9-10)14-7-1-2-8-14/h3-4,9,15H,1-2,5-8H2. The van der Waals surface area contributed by atoms with Crippen LogP contribution in [0.15, 0.2) is 18.3 Å². The molecule has 0 aromatic carbocycles. The van der Waals surface area contributed by atoms with Gasteiger partial charge in [-0.25, -0.2) is 4.98 Å². The van der Waals surface area contributed by atoms with Crippen LogP contribution in [0.1, 0.15) is 31.2 Å². The maximum absolute atomic E-state index is 9.90. The van der Waals surface area contributed by atoms with Crippen molar-refractivity contribution in [2.45, 2.75) is 31.3 Å². The van der Waals surface area contributed by atoms with Crippen molar-refractivity contribution in [2.24, 2.45) is 0 Å². The predicted molar refractivity (Wildman–Crippen MR) is 58.8 cm³/mol. The highest BCUT2D eigenvalue weighted by Crippen LogP contribution is 2.45. The summed E-state index contributed by atoms with van der Waals surface area (Å²) in [5.74, 6) is 1.06. The number of nitrogens with zero attached hydrogens (tertiary/aromatic N) is 2. The summed E-state index contributed by atoms with van der Waals surface area (Å²) in [6, 6.07) is 4.06. The van der Waals surface area contributed by atoms with Gasteiger partial charge in [0.2, 0.25) is 0 Å². The largest absolute Gasteiger partial charge is 0.385 e. The van der Waals surface area contributed by atoms with Crippen LogP contribution in [-0.4, -0.2) is 23.2 Å². The van der Waals surface area contributed by atoms with Crippen LogP contribution >= 0.6 is 0 Å². The van der Waals surface area contributed by atoms with E-state index in [1.807, 2.05) is 18.3 Å². The van der Waals surface area contributed by atoms with Crippen LogP contribution in [0.3, 0.4) is 0 Å². The van der Waals surface area contributed by atoms with Gasteiger partial charge in [0.05, 0.1) is 5.60 Å². The second-order valence-corrected chi connectivity index (χ2v) is 4.63. The highest BCUT2D eigenvalue weighted by molar-refractivity contribution is 5.41. The quantitative estimate of drug-likeness (QED) is 0.796. The van der Waals surface area contributed by atoms with E-state index in [2.05, 4.69) is 9.88 Å². The summed E-state index contributed by atoms with van der Waals surface area (Å²) in [7, 11) is 0. The molecule has 2 aliphatic rings. The molecule has 1 aliphatic heterocycles. The molecule has 1 saturated heterocycles. The van der Waals surface area contributed by atoms with E-state index in [0.29, 0.717) is 0 Å². The molecule has 0 radical (unpaired) electrons. The molecule has 1 aromatic heterocycles. The van der Waals surface area contributed by atoms with E-state index in [1.165, 1.54) is 12.8 Å². The zero-order valence-corrected chi connectivity index (χ0v) is 8.82. The fourth-order valence-corrected chi connectivity index (χ4v) is 2.20. The SMILES string of the molecule is OC1(c2ccc(N3CCCC3)nc2)CC1. The van der Waals surface area contributed by atoms with E-state index in [-0.39, 0.29) is 0 Å². The smallest absolute Gasteiger partial charge is 0.128 e. The molecule has 1 aromatic rings. The third-order valence-corrected chi connectivity index (χ3v) is 3.44. The second-order valence-electron chi connectivity index (χ2n) is 4.63. The molecule has 0 unspecified atom stereocenters. The third-order valence-electron chi connectivity index (χ3n) is 3.44. The average molecular weight is 204 g/mol. The first-order chi connectivity index (χ1) is 7.28. The Kier molecular flexibility index (Phi) is 1.96. The number of aliphatic hydroxyl groups is 1. The Hall–Kier alpha value is -1.09. The normalized spacial score (nSPS) is 23.1. The molecule has 1 saturated carbocycles. The lowest BCUT2D eigenvalue weighted by atomic mass is 10.1. The van der Waals surface area contributed by atoms with Crippen LogP contribution < -0.4 is 4.90 Å². The van der Waals surface area contributed by atoms with Crippen LogP contribution in [0.5, 0.6) is 0 Å². The van der Waals surface area contributed by atoms with E-state index < -0.39 is 5.60 Å². The van der Waals surface area contributed by atoms with Crippen molar-refractivity contribution in [3.8, 4) is 0 Å². The lowest BCUT2D eigenvalue weighted by Crippen LogP contribution is -2.19. The number of hydrogen-bond acceptors (Lipinski definition) is 3. The molecule has 15 heavy (non-hydrogen) atoms. The minimum atomic E-state index is -0.545. The zero-order valence-electron chi connectivity index (χ0n) is 8.82. The van der Waals surface area contributed by atoms with Gasteiger partial charge in [0.25, 0.3) is 0 Å². The molecule has 2 fully saturated rings. The van der Waals surface area contributed by atoms with Gasteiger partial charge >= 0.3 is 0 Å². The summed E-state index contributed by atoms with van der Waals surface area (Å²) in [5.41, 5.74) is 0.432. The highest BCUT2D eigenvalue weighted by Gasteiger charge is 2.42. The van der Waals surface area contributed by atoms with Crippen molar-refractivity contribution >= 4 is 5.82 Å². The Labute approximate surface area is 89.7 Å². The molecule has 80 valence electrons. The van der Waals surface area contributed by atoms with Crippen molar-refractivity contribution in [1.29, 1.82) is 0 Å². The van der Waals surface area contributed by atoms with Gasteiger partial charge in [0.1, 0.15) is 5.82 Å². The summed E-state index contributed by atoms with van der Waals surface area (Å²) < 4.78 is 0. The Morgan fingerprint density at radius 1 is 1.20 bits per heavy atom. The fourth-order valence-electron chi connectivity index (χ4n) is 2.20. The van der Waals surface area contributed by atoms with Crippen LogP contribution in [0, 0.1) is 0 Å². The minimum Gasteiger partial charge on any atom is -0.385 e. The Morgan fingerprint density at radius 2 is 1.93 bits per heavy atom. The van der Waals surface area contributed by atoms with E-state index >= 15 is 0 Å². The third kappa shape index (κ3) is 1.61. The Morgan fingerprint density at radius 3 is 2.47 bits per heavy atom. The van der Waals surface area contributed by atoms with Crippen LogP contribution in [0.4, 0.5) is 5.82 Å². The summed E-state index contributed by atoms with van der Waals surface area (Å²) >= 11 is 0. The van der Waals surface area contributed by atoms with Gasteiger partial charge in [-0.3, -0.25) is 0 Å². The van der Waals surface area contributed by atoms with E-state index in [1.54, 1.807) is 0 Å². The monoisotopic (exact) mass is 204 g/mol. The molecule has 1 aliphatic carbocycles. The molecular formula is C12H16N2O. The van der Waals surface area contributed by atoms with E-state index in [4.69, 9.17) is 0 Å². The maximum atomic E-state index is 9.90. The molecular weight excluding hydrogens is 188 g/mol. The van der Waals surface area contributed by atoms with Gasteiger partial charge in [-0.2, -0.15) is 0 Å². The Bertz CT molecular complexity index is 350. The molecule has 0 spiro atoms. The van der Waals surface area contributed by atoms with Crippen molar-refractivity contribution in [3.63, 3.8) is 0 Å². The maximum Gasteiger partial charge on any atom is 0.128 e. The van der Waals surface area contributed by atoms with Gasteiger partial charge in [-0.05, 0) is 31.7 Å². The molecule has 3 rings (SSSR count). The summed E-state index contributed by atoms with van der Waals surface area (Å²) in [4.78, 5) is 6.74. The lowest BCUT2D eigenvalue weighted by molar-refractivity contribution is 0.151. The summed E-state index contributed by atoms with van der Waals surface area (Å²) in [6.07, 6.45) is 6.15. The molecule has 3 heteroatoms. The molecule has 0 atom stereocenters. The van der Waals surface area contributed by atoms with Gasteiger partial charge in [0.15, 0.2) is 0 Å². The number of rotatable bonds is 2. The van der Waals surface area contributed by atoms with E-state index in [9.17, 15) is 5.11 Å². The predicted octanol–water partition coefficient (Wildman–Crippen LogP) is 1.66. The van der Waals surface area contributed by atoms with Gasteiger partial charge in [-0.15, -0.1) is 0 Å². The van der Waals surface area contributed by atoms with Crippen molar-refractivity contribution < 1.29 is 5.11 Å². The first kappa shape index (κ1) is 9.16. The molecule has 2 heterocycles. The average Bonchev–Trinajstić information content (AvgIpc) is 2.84. The number of hydrogen-bond donors (Lipinski definition) is 1. The van der Waals surface area contributed by atoms with Crippen molar-refractivity contribution in [2.75, 3.05) is 18.0 Å². The highest BCUT2D eigenvalue weighted by atomic mass is 16.3. The number of aromatic nitrogens is 1. The fraction of sp³-hybridized carbons (Fsp3) is 0.583. The van der Waals surface area contributed by atoms with Crippen LogP contribution in [-0.2, 0) is 5.60 Å². The van der Waals surface area contributed by atoms with Crippen LogP contribution in [0.2, 0.25) is 0 Å². The number of pyridine rings is 1. The van der Waals surface area contributed by atoms with E-state index in [0.717, 1.165) is 37.3 Å². The van der Waals surface area contributed by atoms with Gasteiger partial charge in [0, 0.05) is 24.8 Å². The van der Waals surface area contributed by atoms with Crippen molar-refractivity contribution in [1.82, 2.24) is 4.98 Å². The molecule has 3 nitrogen and oxygen atoms in total. The van der Waals surface area contributed by atoms with Gasteiger partial charge < -0.3 is 10.0 Å². The zero-order chi connectivity index (χ0) is 10.3. The minimum absolute atomic E-state index is 0.545. The number of anilines is 1. The summed E-state index contributed by atoms with van der Waals surface area (Å²) in [6.45, 7) is 2.24. The second kappa shape index (κ2) is 3.20.